The molecule has 2 aromatic carbocycles. The molecule has 0 aromatic heterocycles. The second-order valence-electron chi connectivity index (χ2n) is 6.52. The van der Waals surface area contributed by atoms with Gasteiger partial charge in [0, 0.05) is 17.7 Å². The van der Waals surface area contributed by atoms with Gasteiger partial charge in [-0.2, -0.15) is 0 Å². The number of carbonyl (C=O) groups excluding carboxylic acids is 1. The second kappa shape index (κ2) is 7.56. The minimum absolute atomic E-state index is 0.173. The smallest absolute Gasteiger partial charge is 0.251 e. The van der Waals surface area contributed by atoms with Crippen molar-refractivity contribution in [2.45, 2.75) is 19.4 Å². The van der Waals surface area contributed by atoms with E-state index in [2.05, 4.69) is 5.32 Å². The van der Waals surface area contributed by atoms with E-state index in [1.165, 1.54) is 22.7 Å². The summed E-state index contributed by atoms with van der Waals surface area (Å²) in [4.78, 5) is 12.3. The maximum atomic E-state index is 13.1. The van der Waals surface area contributed by atoms with Gasteiger partial charge in [0.05, 0.1) is 18.5 Å². The Labute approximate surface area is 158 Å². The molecule has 0 aliphatic carbocycles. The highest BCUT2D eigenvalue weighted by atomic mass is 32.2. The molecule has 0 spiro atoms. The van der Waals surface area contributed by atoms with Crippen LogP contribution in [0.5, 0.6) is 5.75 Å². The van der Waals surface area contributed by atoms with E-state index in [0.717, 1.165) is 5.56 Å². The van der Waals surface area contributed by atoms with Gasteiger partial charge in [-0.25, -0.2) is 12.8 Å². The van der Waals surface area contributed by atoms with Crippen LogP contribution in [0.3, 0.4) is 0 Å². The molecule has 1 heterocycles. The van der Waals surface area contributed by atoms with Crippen LogP contribution in [0.2, 0.25) is 0 Å². The van der Waals surface area contributed by atoms with Crippen LogP contribution in [0.15, 0.2) is 42.5 Å². The standard InChI is InChI=1S/C19H21FN2O4S/c1-13-10-15-11-14(6-7-18(15)22(13)27(2,24)25)19(23)21-8-9-26-17-5-3-4-16(20)12-17/h3-7,11-13H,8-10H2,1-2H3,(H,21,23)/t13-/m1/s1. The van der Waals surface area contributed by atoms with Crippen molar-refractivity contribution < 1.29 is 22.3 Å². The van der Waals surface area contributed by atoms with Gasteiger partial charge in [-0.15, -0.1) is 0 Å². The molecule has 0 fully saturated rings. The van der Waals surface area contributed by atoms with Gasteiger partial charge in [-0.1, -0.05) is 6.07 Å². The summed E-state index contributed by atoms with van der Waals surface area (Å²) in [5.41, 5.74) is 1.91. The predicted molar refractivity (Wildman–Crippen MR) is 101 cm³/mol. The summed E-state index contributed by atoms with van der Waals surface area (Å²) < 4.78 is 43.7. The number of benzene rings is 2. The van der Waals surface area contributed by atoms with Crippen LogP contribution in [-0.4, -0.2) is 39.8 Å². The maximum absolute atomic E-state index is 13.1. The monoisotopic (exact) mass is 392 g/mol. The number of nitrogens with zero attached hydrogens (tertiary/aromatic N) is 1. The fourth-order valence-corrected chi connectivity index (χ4v) is 4.51. The first-order valence-corrected chi connectivity index (χ1v) is 10.4. The number of ether oxygens (including phenoxy) is 1. The van der Waals surface area contributed by atoms with Gasteiger partial charge in [0.15, 0.2) is 0 Å². The molecule has 1 amide bonds. The molecule has 1 N–H and O–H groups in total. The molecule has 0 unspecified atom stereocenters. The van der Waals surface area contributed by atoms with Gasteiger partial charge in [0.25, 0.3) is 5.91 Å². The van der Waals surface area contributed by atoms with E-state index in [9.17, 15) is 17.6 Å². The topological polar surface area (TPSA) is 75.7 Å². The third-order valence-corrected chi connectivity index (χ3v) is 5.58. The lowest BCUT2D eigenvalue weighted by atomic mass is 10.1. The summed E-state index contributed by atoms with van der Waals surface area (Å²) in [6.07, 6.45) is 1.74. The fourth-order valence-electron chi connectivity index (χ4n) is 3.24. The van der Waals surface area contributed by atoms with Crippen LogP contribution in [-0.2, 0) is 16.4 Å². The van der Waals surface area contributed by atoms with E-state index >= 15 is 0 Å². The van der Waals surface area contributed by atoms with Gasteiger partial charge in [-0.3, -0.25) is 9.10 Å². The Hall–Kier alpha value is -2.61. The molecule has 27 heavy (non-hydrogen) atoms. The number of amides is 1. The SMILES string of the molecule is C[C@@H]1Cc2cc(C(=O)NCCOc3cccc(F)c3)ccc2N1S(C)(=O)=O. The highest BCUT2D eigenvalue weighted by molar-refractivity contribution is 7.92. The summed E-state index contributed by atoms with van der Waals surface area (Å²) >= 11 is 0. The highest BCUT2D eigenvalue weighted by Gasteiger charge is 2.32. The number of halogens is 1. The van der Waals surface area contributed by atoms with E-state index in [-0.39, 0.29) is 30.9 Å². The summed E-state index contributed by atoms with van der Waals surface area (Å²) in [6.45, 7) is 2.31. The average molecular weight is 392 g/mol. The number of nitrogens with one attached hydrogen (secondary N) is 1. The molecule has 144 valence electrons. The molecular formula is C19H21FN2O4S. The first kappa shape index (κ1) is 19.2. The molecule has 2 aromatic rings. The summed E-state index contributed by atoms with van der Waals surface area (Å²) in [6, 6.07) is 10.6. The Balaban J connectivity index is 1.59. The number of carbonyl (C=O) groups is 1. The van der Waals surface area contributed by atoms with Crippen molar-refractivity contribution in [3.05, 3.63) is 59.4 Å². The van der Waals surface area contributed by atoms with Crippen LogP contribution in [0.25, 0.3) is 0 Å². The third kappa shape index (κ3) is 4.39. The lowest BCUT2D eigenvalue weighted by molar-refractivity contribution is 0.0947. The number of hydrogen-bond acceptors (Lipinski definition) is 4. The van der Waals surface area contributed by atoms with Crippen molar-refractivity contribution >= 4 is 21.6 Å². The largest absolute Gasteiger partial charge is 0.492 e. The number of hydrogen-bond donors (Lipinski definition) is 1. The molecule has 1 aliphatic heterocycles. The molecule has 0 saturated heterocycles. The zero-order valence-corrected chi connectivity index (χ0v) is 15.9. The first-order chi connectivity index (χ1) is 12.8. The van der Waals surface area contributed by atoms with Crippen molar-refractivity contribution in [3.8, 4) is 5.75 Å². The van der Waals surface area contributed by atoms with Crippen LogP contribution < -0.4 is 14.4 Å². The molecule has 1 atom stereocenters. The molecular weight excluding hydrogens is 371 g/mol. The summed E-state index contributed by atoms with van der Waals surface area (Å²) in [5.74, 6) is -0.255. The Morgan fingerprint density at radius 2 is 2.07 bits per heavy atom. The molecule has 3 rings (SSSR count). The Kier molecular flexibility index (Phi) is 5.36. The lowest BCUT2D eigenvalue weighted by Gasteiger charge is -2.21. The number of sulfonamides is 1. The quantitative estimate of drug-likeness (QED) is 0.766. The van der Waals surface area contributed by atoms with E-state index < -0.39 is 10.0 Å². The van der Waals surface area contributed by atoms with Crippen LogP contribution in [0, 0.1) is 5.82 Å². The van der Waals surface area contributed by atoms with E-state index in [1.54, 1.807) is 30.3 Å². The van der Waals surface area contributed by atoms with Crippen molar-refractivity contribution in [3.63, 3.8) is 0 Å². The molecule has 0 bridgehead atoms. The van der Waals surface area contributed by atoms with Gasteiger partial charge in [0.2, 0.25) is 10.0 Å². The lowest BCUT2D eigenvalue weighted by Crippen LogP contribution is -2.34. The number of fused-ring (bicyclic) bond motifs is 1. The van der Waals surface area contributed by atoms with Crippen LogP contribution in [0.1, 0.15) is 22.8 Å². The van der Waals surface area contributed by atoms with Crippen molar-refractivity contribution in [2.75, 3.05) is 23.7 Å². The van der Waals surface area contributed by atoms with Gasteiger partial charge >= 0.3 is 0 Å². The normalized spacial score (nSPS) is 16.1. The minimum Gasteiger partial charge on any atom is -0.492 e. The number of anilines is 1. The van der Waals surface area contributed by atoms with Crippen LogP contribution >= 0.6 is 0 Å². The molecule has 0 saturated carbocycles. The number of rotatable bonds is 6. The molecule has 0 radical (unpaired) electrons. The second-order valence-corrected chi connectivity index (χ2v) is 8.38. The Bertz CT molecular complexity index is 962. The third-order valence-electron chi connectivity index (χ3n) is 4.30. The first-order valence-electron chi connectivity index (χ1n) is 8.54. The van der Waals surface area contributed by atoms with E-state index in [4.69, 9.17) is 4.74 Å². The summed E-state index contributed by atoms with van der Waals surface area (Å²) in [7, 11) is -3.36. The molecule has 1 aliphatic rings. The van der Waals surface area contributed by atoms with E-state index in [0.29, 0.717) is 23.4 Å². The van der Waals surface area contributed by atoms with Crippen LogP contribution in [0.4, 0.5) is 10.1 Å². The zero-order chi connectivity index (χ0) is 19.6. The van der Waals surface area contributed by atoms with Crippen molar-refractivity contribution in [2.24, 2.45) is 0 Å². The van der Waals surface area contributed by atoms with Gasteiger partial charge in [-0.05, 0) is 49.2 Å². The Morgan fingerprint density at radius 1 is 1.30 bits per heavy atom. The maximum Gasteiger partial charge on any atom is 0.251 e. The predicted octanol–water partition coefficient (Wildman–Crippen LogP) is 2.35. The van der Waals surface area contributed by atoms with Gasteiger partial charge in [0.1, 0.15) is 18.2 Å². The minimum atomic E-state index is -3.36. The Morgan fingerprint density at radius 3 is 2.78 bits per heavy atom. The molecule has 6 nitrogen and oxygen atoms in total. The van der Waals surface area contributed by atoms with Crippen molar-refractivity contribution in [1.29, 1.82) is 0 Å². The fraction of sp³-hybridized carbons (Fsp3) is 0.316. The summed E-state index contributed by atoms with van der Waals surface area (Å²) in [5, 5.41) is 2.74. The van der Waals surface area contributed by atoms with Crippen molar-refractivity contribution in [1.82, 2.24) is 5.32 Å². The average Bonchev–Trinajstić information content (AvgIpc) is 2.93. The van der Waals surface area contributed by atoms with E-state index in [1.807, 2.05) is 6.92 Å². The zero-order valence-electron chi connectivity index (χ0n) is 15.1. The van der Waals surface area contributed by atoms with Gasteiger partial charge < -0.3 is 10.1 Å². The molecule has 8 heteroatoms. The highest BCUT2D eigenvalue weighted by Crippen LogP contribution is 2.34.